The zero-order chi connectivity index (χ0) is 15.5. The Kier molecular flexibility index (Phi) is 4.73. The number of nitriles is 1. The van der Waals surface area contributed by atoms with E-state index >= 15 is 0 Å². The van der Waals surface area contributed by atoms with Gasteiger partial charge in [-0.1, -0.05) is 13.0 Å². The third-order valence-electron chi connectivity index (χ3n) is 3.02. The van der Waals surface area contributed by atoms with Crippen LogP contribution in [-0.2, 0) is 23.0 Å². The molecule has 0 fully saturated rings. The number of nitrogens with zero attached hydrogens (tertiary/aromatic N) is 1. The molecule has 0 aliphatic rings. The molecule has 0 aliphatic carbocycles. The van der Waals surface area contributed by atoms with Crippen LogP contribution in [0.1, 0.15) is 22.9 Å². The average molecular weight is 324 g/mol. The second-order valence-electron chi connectivity index (χ2n) is 4.27. The maximum atomic E-state index is 13.5. The number of thiophene rings is 1. The van der Waals surface area contributed by atoms with Gasteiger partial charge in [0.2, 0.25) is 10.0 Å². The van der Waals surface area contributed by atoms with Crippen LogP contribution in [0.2, 0.25) is 0 Å². The molecule has 1 N–H and O–H groups in total. The predicted octanol–water partition coefficient (Wildman–Crippen LogP) is 2.80. The van der Waals surface area contributed by atoms with Gasteiger partial charge in [0.25, 0.3) is 0 Å². The Labute approximate surface area is 126 Å². The summed E-state index contributed by atoms with van der Waals surface area (Å²) in [7, 11) is -3.93. The monoisotopic (exact) mass is 324 g/mol. The fourth-order valence-corrected chi connectivity index (χ4v) is 4.08. The molecule has 4 nitrogen and oxygen atoms in total. The maximum absolute atomic E-state index is 13.5. The second kappa shape index (κ2) is 6.35. The maximum Gasteiger partial charge on any atom is 0.242 e. The van der Waals surface area contributed by atoms with E-state index in [1.54, 1.807) is 6.07 Å². The summed E-state index contributed by atoms with van der Waals surface area (Å²) >= 11 is 1.46. The minimum atomic E-state index is -3.93. The van der Waals surface area contributed by atoms with E-state index in [2.05, 4.69) is 4.72 Å². The molecule has 1 heterocycles. The van der Waals surface area contributed by atoms with E-state index in [1.165, 1.54) is 23.5 Å². The highest BCUT2D eigenvalue weighted by atomic mass is 32.2. The van der Waals surface area contributed by atoms with Crippen LogP contribution in [0.4, 0.5) is 4.39 Å². The summed E-state index contributed by atoms with van der Waals surface area (Å²) in [6, 6.07) is 7.09. The number of hydrogen-bond acceptors (Lipinski definition) is 4. The first kappa shape index (κ1) is 15.6. The van der Waals surface area contributed by atoms with E-state index in [1.807, 2.05) is 18.4 Å². The number of nitrogens with one attached hydrogen (secondary N) is 1. The fraction of sp³-hybridized carbons (Fsp3) is 0.214. The van der Waals surface area contributed by atoms with Gasteiger partial charge in [0, 0.05) is 11.4 Å². The third kappa shape index (κ3) is 3.29. The number of benzene rings is 1. The average Bonchev–Trinajstić information content (AvgIpc) is 2.92. The lowest BCUT2D eigenvalue weighted by Gasteiger charge is -2.08. The van der Waals surface area contributed by atoms with Crippen molar-refractivity contribution in [1.82, 2.24) is 4.72 Å². The molecule has 0 unspecified atom stereocenters. The smallest absolute Gasteiger partial charge is 0.207 e. The second-order valence-corrected chi connectivity index (χ2v) is 7.01. The number of halogens is 1. The van der Waals surface area contributed by atoms with Gasteiger partial charge < -0.3 is 0 Å². The quantitative estimate of drug-likeness (QED) is 0.919. The molecule has 0 amide bonds. The zero-order valence-electron chi connectivity index (χ0n) is 11.3. The van der Waals surface area contributed by atoms with E-state index < -0.39 is 21.4 Å². The normalized spacial score (nSPS) is 11.3. The van der Waals surface area contributed by atoms with Crippen LogP contribution >= 0.6 is 11.3 Å². The summed E-state index contributed by atoms with van der Waals surface area (Å²) in [5, 5.41) is 10.8. The number of aryl methyl sites for hydroxylation is 1. The van der Waals surface area contributed by atoms with Gasteiger partial charge in [-0.3, -0.25) is 0 Å². The number of hydrogen-bond donors (Lipinski definition) is 1. The van der Waals surface area contributed by atoms with Crippen LogP contribution in [-0.4, -0.2) is 8.42 Å². The minimum absolute atomic E-state index is 0.130. The van der Waals surface area contributed by atoms with Gasteiger partial charge >= 0.3 is 0 Å². The molecule has 0 aliphatic heterocycles. The van der Waals surface area contributed by atoms with Gasteiger partial charge in [0.05, 0.1) is 0 Å². The van der Waals surface area contributed by atoms with Crippen molar-refractivity contribution in [2.75, 3.05) is 0 Å². The first-order valence-electron chi connectivity index (χ1n) is 6.23. The van der Waals surface area contributed by atoms with Gasteiger partial charge in [0.15, 0.2) is 0 Å². The molecular weight excluding hydrogens is 311 g/mol. The van der Waals surface area contributed by atoms with Gasteiger partial charge in [-0.15, -0.1) is 11.3 Å². The largest absolute Gasteiger partial charge is 0.242 e. The molecule has 0 saturated heterocycles. The summed E-state index contributed by atoms with van der Waals surface area (Å²) < 4.78 is 40.4. The van der Waals surface area contributed by atoms with Crippen molar-refractivity contribution in [3.63, 3.8) is 0 Å². The molecule has 0 spiro atoms. The molecule has 2 aromatic rings. The number of rotatable bonds is 5. The van der Waals surface area contributed by atoms with Crippen molar-refractivity contribution in [1.29, 1.82) is 5.26 Å². The van der Waals surface area contributed by atoms with Gasteiger partial charge in [-0.25, -0.2) is 17.5 Å². The first-order chi connectivity index (χ1) is 9.99. The van der Waals surface area contributed by atoms with Crippen molar-refractivity contribution >= 4 is 21.4 Å². The molecule has 0 atom stereocenters. The Morgan fingerprint density at radius 2 is 2.14 bits per heavy atom. The topological polar surface area (TPSA) is 70.0 Å². The lowest BCUT2D eigenvalue weighted by molar-refractivity contribution is 0.576. The molecule has 2 rings (SSSR count). The summed E-state index contributed by atoms with van der Waals surface area (Å²) in [4.78, 5) is 0.579. The van der Waals surface area contributed by atoms with Crippen LogP contribution in [0.15, 0.2) is 34.5 Å². The molecule has 21 heavy (non-hydrogen) atoms. The molecule has 0 radical (unpaired) electrons. The summed E-state index contributed by atoms with van der Waals surface area (Å²) in [6.45, 7) is 2.12. The highest BCUT2D eigenvalue weighted by Gasteiger charge is 2.21. The Balaban J connectivity index is 2.28. The third-order valence-corrected chi connectivity index (χ3v) is 5.42. The molecule has 0 bridgehead atoms. The van der Waals surface area contributed by atoms with E-state index in [0.29, 0.717) is 0 Å². The Morgan fingerprint density at radius 3 is 2.81 bits per heavy atom. The summed E-state index contributed by atoms with van der Waals surface area (Å²) in [5.41, 5.74) is 0.606. The van der Waals surface area contributed by atoms with E-state index in [4.69, 9.17) is 5.26 Å². The SMILES string of the molecule is CCc1ccsc1CNS(=O)(=O)c1cccc(F)c1C#N. The molecule has 110 valence electrons. The predicted molar refractivity (Wildman–Crippen MR) is 78.8 cm³/mol. The van der Waals surface area contributed by atoms with E-state index in [-0.39, 0.29) is 11.4 Å². The summed E-state index contributed by atoms with van der Waals surface area (Å²) in [6.07, 6.45) is 0.809. The molecule has 1 aromatic heterocycles. The molecule has 0 saturated carbocycles. The fourth-order valence-electron chi connectivity index (χ4n) is 1.91. The molecular formula is C14H13FN2O2S2. The Bertz CT molecular complexity index is 792. The minimum Gasteiger partial charge on any atom is -0.207 e. The van der Waals surface area contributed by atoms with Crippen molar-refractivity contribution in [2.45, 2.75) is 24.8 Å². The van der Waals surface area contributed by atoms with Crippen LogP contribution in [0.5, 0.6) is 0 Å². The van der Waals surface area contributed by atoms with Crippen molar-refractivity contribution in [3.05, 3.63) is 51.5 Å². The number of sulfonamides is 1. The highest BCUT2D eigenvalue weighted by Crippen LogP contribution is 2.20. The lowest BCUT2D eigenvalue weighted by atomic mass is 10.2. The molecule has 1 aromatic carbocycles. The summed E-state index contributed by atoms with van der Waals surface area (Å²) in [5.74, 6) is -0.842. The van der Waals surface area contributed by atoms with Crippen molar-refractivity contribution in [2.24, 2.45) is 0 Å². The van der Waals surface area contributed by atoms with Crippen LogP contribution < -0.4 is 4.72 Å². The van der Waals surface area contributed by atoms with Crippen LogP contribution in [0.3, 0.4) is 0 Å². The zero-order valence-corrected chi connectivity index (χ0v) is 12.9. The van der Waals surface area contributed by atoms with Gasteiger partial charge in [-0.2, -0.15) is 5.26 Å². The standard InChI is InChI=1S/C14H13FN2O2S2/c1-2-10-6-7-20-13(10)9-17-21(18,19)14-5-3-4-12(15)11(14)8-16/h3-7,17H,2,9H2,1H3. The van der Waals surface area contributed by atoms with Crippen LogP contribution in [0.25, 0.3) is 0 Å². The van der Waals surface area contributed by atoms with Crippen molar-refractivity contribution in [3.8, 4) is 6.07 Å². The first-order valence-corrected chi connectivity index (χ1v) is 8.59. The Morgan fingerprint density at radius 1 is 1.38 bits per heavy atom. The lowest BCUT2D eigenvalue weighted by Crippen LogP contribution is -2.24. The van der Waals surface area contributed by atoms with Crippen molar-refractivity contribution < 1.29 is 12.8 Å². The molecule has 7 heteroatoms. The Hall–Kier alpha value is -1.75. The van der Waals surface area contributed by atoms with Crippen LogP contribution in [0, 0.1) is 17.1 Å². The van der Waals surface area contributed by atoms with E-state index in [9.17, 15) is 12.8 Å². The van der Waals surface area contributed by atoms with Gasteiger partial charge in [0.1, 0.15) is 22.3 Å². The van der Waals surface area contributed by atoms with E-state index in [0.717, 1.165) is 22.9 Å². The van der Waals surface area contributed by atoms with Gasteiger partial charge in [-0.05, 0) is 35.6 Å². The highest BCUT2D eigenvalue weighted by molar-refractivity contribution is 7.89.